The van der Waals surface area contributed by atoms with E-state index in [0.29, 0.717) is 18.5 Å². The van der Waals surface area contributed by atoms with Crippen LogP contribution in [0.5, 0.6) is 0 Å². The van der Waals surface area contributed by atoms with E-state index in [0.717, 1.165) is 0 Å². The Hall–Kier alpha value is -1.85. The van der Waals surface area contributed by atoms with Gasteiger partial charge in [-0.2, -0.15) is 0 Å². The lowest BCUT2D eigenvalue weighted by Crippen LogP contribution is -2.49. The number of ether oxygens (including phenoxy) is 2. The van der Waals surface area contributed by atoms with Gasteiger partial charge in [0, 0.05) is 19.4 Å². The van der Waals surface area contributed by atoms with Crippen molar-refractivity contribution in [3.05, 3.63) is 11.8 Å². The summed E-state index contributed by atoms with van der Waals surface area (Å²) in [6.07, 6.45) is 2.92. The predicted molar refractivity (Wildman–Crippen MR) is 55.5 cm³/mol. The fraction of sp³-hybridized carbons (Fsp3) is 0.545. The van der Waals surface area contributed by atoms with Crippen molar-refractivity contribution in [2.24, 2.45) is 0 Å². The van der Waals surface area contributed by atoms with Crippen LogP contribution in [0.4, 0.5) is 0 Å². The number of β-lactam (4-membered cyclic amide) rings is 1. The van der Waals surface area contributed by atoms with Crippen molar-refractivity contribution in [1.82, 2.24) is 4.90 Å². The van der Waals surface area contributed by atoms with Gasteiger partial charge in [0.1, 0.15) is 18.9 Å². The highest BCUT2D eigenvalue weighted by molar-refractivity contribution is 5.98. The maximum Gasteiger partial charge on any atom is 0.354 e. The van der Waals surface area contributed by atoms with Gasteiger partial charge < -0.3 is 14.4 Å². The number of amides is 1. The van der Waals surface area contributed by atoms with E-state index in [4.69, 9.17) is 4.74 Å². The molecule has 0 radical (unpaired) electrons. The molecule has 0 aromatic rings. The van der Waals surface area contributed by atoms with E-state index in [2.05, 4.69) is 4.74 Å². The van der Waals surface area contributed by atoms with Gasteiger partial charge in [0.05, 0.1) is 0 Å². The van der Waals surface area contributed by atoms with Gasteiger partial charge in [-0.25, -0.2) is 4.79 Å². The third-order valence-electron chi connectivity index (χ3n) is 2.72. The van der Waals surface area contributed by atoms with Crippen LogP contribution < -0.4 is 0 Å². The highest BCUT2D eigenvalue weighted by Crippen LogP contribution is 2.33. The van der Waals surface area contributed by atoms with E-state index in [1.165, 1.54) is 11.8 Å². The maximum atomic E-state index is 11.6. The van der Waals surface area contributed by atoms with Crippen molar-refractivity contribution in [3.63, 3.8) is 0 Å². The molecule has 1 amide bonds. The SMILES string of the molecule is CC(=O)OCCOC(=O)C1=CCC2CC(=O)N12. The van der Waals surface area contributed by atoms with E-state index < -0.39 is 11.9 Å². The monoisotopic (exact) mass is 239 g/mol. The molecule has 6 nitrogen and oxygen atoms in total. The molecule has 1 atom stereocenters. The Morgan fingerprint density at radius 1 is 1.41 bits per heavy atom. The van der Waals surface area contributed by atoms with Crippen molar-refractivity contribution in [3.8, 4) is 0 Å². The number of carbonyl (C=O) groups is 3. The van der Waals surface area contributed by atoms with E-state index in [-0.39, 0.29) is 25.2 Å². The molecule has 0 spiro atoms. The molecule has 0 bridgehead atoms. The lowest BCUT2D eigenvalue weighted by Gasteiger charge is -2.35. The molecule has 1 saturated heterocycles. The summed E-state index contributed by atoms with van der Waals surface area (Å²) < 4.78 is 9.52. The topological polar surface area (TPSA) is 72.9 Å². The molecule has 0 aromatic heterocycles. The number of nitrogens with zero attached hydrogens (tertiary/aromatic N) is 1. The first-order chi connectivity index (χ1) is 8.09. The molecule has 0 aliphatic carbocycles. The minimum absolute atomic E-state index is 0.00243. The van der Waals surface area contributed by atoms with Gasteiger partial charge in [-0.15, -0.1) is 0 Å². The lowest BCUT2D eigenvalue weighted by molar-refractivity contribution is -0.153. The first kappa shape index (κ1) is 11.6. The average molecular weight is 239 g/mol. The number of hydrogen-bond acceptors (Lipinski definition) is 5. The van der Waals surface area contributed by atoms with Crippen LogP contribution in [0.2, 0.25) is 0 Å². The summed E-state index contributed by atoms with van der Waals surface area (Å²) in [6.45, 7) is 1.32. The van der Waals surface area contributed by atoms with Gasteiger partial charge in [0.15, 0.2) is 0 Å². The minimum Gasteiger partial charge on any atom is -0.462 e. The minimum atomic E-state index is -0.535. The largest absolute Gasteiger partial charge is 0.462 e. The third-order valence-corrected chi connectivity index (χ3v) is 2.72. The van der Waals surface area contributed by atoms with Crippen LogP contribution in [-0.4, -0.2) is 42.0 Å². The summed E-state index contributed by atoms with van der Waals surface area (Å²) in [5.41, 5.74) is 0.314. The van der Waals surface area contributed by atoms with Gasteiger partial charge in [-0.1, -0.05) is 6.08 Å². The molecule has 2 aliphatic rings. The maximum absolute atomic E-state index is 11.6. The van der Waals surface area contributed by atoms with Crippen molar-refractivity contribution < 1.29 is 23.9 Å². The molecule has 2 aliphatic heterocycles. The van der Waals surface area contributed by atoms with E-state index in [9.17, 15) is 14.4 Å². The Morgan fingerprint density at radius 3 is 2.76 bits per heavy atom. The number of rotatable bonds is 4. The van der Waals surface area contributed by atoms with Gasteiger partial charge >= 0.3 is 11.9 Å². The van der Waals surface area contributed by atoms with Gasteiger partial charge in [0.2, 0.25) is 5.91 Å². The van der Waals surface area contributed by atoms with Crippen LogP contribution in [0, 0.1) is 0 Å². The number of carbonyl (C=O) groups excluding carboxylic acids is 3. The summed E-state index contributed by atoms with van der Waals surface area (Å²) in [7, 11) is 0. The van der Waals surface area contributed by atoms with E-state index in [1.54, 1.807) is 6.08 Å². The molecule has 92 valence electrons. The second kappa shape index (κ2) is 4.57. The Labute approximate surface area is 98.2 Å². The second-order valence-electron chi connectivity index (χ2n) is 3.92. The number of fused-ring (bicyclic) bond motifs is 1. The summed E-state index contributed by atoms with van der Waals surface area (Å²) in [6, 6.07) is 0.138. The quantitative estimate of drug-likeness (QED) is 0.391. The Kier molecular flexibility index (Phi) is 3.12. The molecule has 0 aromatic carbocycles. The van der Waals surface area contributed by atoms with Crippen LogP contribution in [0.3, 0.4) is 0 Å². The average Bonchev–Trinajstić information content (AvgIpc) is 2.61. The Morgan fingerprint density at radius 2 is 2.12 bits per heavy atom. The van der Waals surface area contributed by atoms with Gasteiger partial charge in [0.25, 0.3) is 0 Å². The zero-order valence-corrected chi connectivity index (χ0v) is 9.47. The lowest BCUT2D eigenvalue weighted by atomic mass is 10.0. The summed E-state index contributed by atoms with van der Waals surface area (Å²) >= 11 is 0. The fourth-order valence-corrected chi connectivity index (χ4v) is 1.92. The van der Waals surface area contributed by atoms with Crippen LogP contribution in [0.1, 0.15) is 19.8 Å². The molecular formula is C11H13NO5. The van der Waals surface area contributed by atoms with E-state index >= 15 is 0 Å². The van der Waals surface area contributed by atoms with Crippen molar-refractivity contribution in [2.75, 3.05) is 13.2 Å². The molecule has 0 saturated carbocycles. The second-order valence-corrected chi connectivity index (χ2v) is 3.92. The molecule has 1 fully saturated rings. The molecular weight excluding hydrogens is 226 g/mol. The number of esters is 2. The summed E-state index contributed by atoms with van der Waals surface area (Å²) in [5.74, 6) is -0.998. The summed E-state index contributed by atoms with van der Waals surface area (Å²) in [4.78, 5) is 34.8. The highest BCUT2D eigenvalue weighted by Gasteiger charge is 2.44. The van der Waals surface area contributed by atoms with Crippen molar-refractivity contribution in [2.45, 2.75) is 25.8 Å². The first-order valence-corrected chi connectivity index (χ1v) is 5.42. The Balaban J connectivity index is 1.77. The third kappa shape index (κ3) is 2.30. The van der Waals surface area contributed by atoms with E-state index in [1.807, 2.05) is 0 Å². The molecule has 2 heterocycles. The number of hydrogen-bond donors (Lipinski definition) is 0. The van der Waals surface area contributed by atoms with Gasteiger partial charge in [-0.3, -0.25) is 9.59 Å². The Bertz CT molecular complexity index is 401. The standard InChI is InChI=1S/C11H13NO5/c1-7(13)16-4-5-17-11(15)9-3-2-8-6-10(14)12(8)9/h3,8H,2,4-6H2,1H3. The fourth-order valence-electron chi connectivity index (χ4n) is 1.92. The van der Waals surface area contributed by atoms with Crippen molar-refractivity contribution in [1.29, 1.82) is 0 Å². The molecule has 2 rings (SSSR count). The van der Waals surface area contributed by atoms with Crippen LogP contribution in [0.25, 0.3) is 0 Å². The van der Waals surface area contributed by atoms with Crippen molar-refractivity contribution >= 4 is 17.8 Å². The highest BCUT2D eigenvalue weighted by atomic mass is 16.6. The van der Waals surface area contributed by atoms with Crippen LogP contribution in [0.15, 0.2) is 11.8 Å². The van der Waals surface area contributed by atoms with Crippen LogP contribution in [-0.2, 0) is 23.9 Å². The molecule has 6 heteroatoms. The normalized spacial score (nSPS) is 21.5. The smallest absolute Gasteiger partial charge is 0.354 e. The zero-order valence-electron chi connectivity index (χ0n) is 9.47. The molecule has 1 unspecified atom stereocenters. The first-order valence-electron chi connectivity index (χ1n) is 5.42. The zero-order chi connectivity index (χ0) is 12.4. The molecule has 0 N–H and O–H groups in total. The van der Waals surface area contributed by atoms with Gasteiger partial charge in [-0.05, 0) is 6.42 Å². The summed E-state index contributed by atoms with van der Waals surface area (Å²) in [5, 5.41) is 0. The predicted octanol–water partition coefficient (Wildman–Crippen LogP) is -0.0188. The van der Waals surface area contributed by atoms with Crippen LogP contribution >= 0.6 is 0 Å². The molecule has 17 heavy (non-hydrogen) atoms.